The van der Waals surface area contributed by atoms with E-state index in [2.05, 4.69) is 9.97 Å². The predicted molar refractivity (Wildman–Crippen MR) is 63.7 cm³/mol. The van der Waals surface area contributed by atoms with Crippen LogP contribution in [0.3, 0.4) is 0 Å². The Morgan fingerprint density at radius 2 is 2.18 bits per heavy atom. The first-order chi connectivity index (χ1) is 8.18. The average Bonchev–Trinajstić information content (AvgIpc) is 2.30. The zero-order valence-electron chi connectivity index (χ0n) is 8.61. The second-order valence-corrected chi connectivity index (χ2v) is 4.16. The van der Waals surface area contributed by atoms with E-state index in [0.29, 0.717) is 9.92 Å². The van der Waals surface area contributed by atoms with E-state index in [1.807, 2.05) is 0 Å². The topological polar surface area (TPSA) is 94.9 Å². The maximum absolute atomic E-state index is 10.9. The number of rotatable bonds is 3. The zero-order chi connectivity index (χ0) is 12.3. The van der Waals surface area contributed by atoms with Gasteiger partial charge in [-0.3, -0.25) is 10.1 Å². The highest BCUT2D eigenvalue weighted by atomic mass is 32.2. The molecule has 0 radical (unpaired) electrons. The molecule has 0 amide bonds. The third-order valence-electron chi connectivity index (χ3n) is 1.98. The first kappa shape index (κ1) is 11.3. The van der Waals surface area contributed by atoms with Crippen molar-refractivity contribution in [3.8, 4) is 0 Å². The largest absolute Gasteiger partial charge is 0.393 e. The van der Waals surface area contributed by atoms with Crippen LogP contribution in [0.1, 0.15) is 0 Å². The third kappa shape index (κ3) is 2.51. The van der Waals surface area contributed by atoms with Crippen LogP contribution in [0.15, 0.2) is 46.7 Å². The molecule has 2 N–H and O–H groups in total. The summed E-state index contributed by atoms with van der Waals surface area (Å²) in [6, 6.07) is 6.49. The molecule has 0 aliphatic rings. The van der Waals surface area contributed by atoms with Gasteiger partial charge in [0, 0.05) is 6.20 Å². The van der Waals surface area contributed by atoms with Gasteiger partial charge in [-0.05, 0) is 18.2 Å². The number of nitro benzene ring substituents is 1. The van der Waals surface area contributed by atoms with Gasteiger partial charge in [-0.25, -0.2) is 9.97 Å². The van der Waals surface area contributed by atoms with Crippen LogP contribution in [-0.2, 0) is 0 Å². The van der Waals surface area contributed by atoms with Crippen molar-refractivity contribution >= 4 is 23.1 Å². The fraction of sp³-hybridized carbons (Fsp3) is 0. The van der Waals surface area contributed by atoms with Crippen molar-refractivity contribution in [1.29, 1.82) is 0 Å². The summed E-state index contributed by atoms with van der Waals surface area (Å²) in [5.74, 6) is 0. The number of nitrogens with two attached hydrogens (primary N) is 1. The lowest BCUT2D eigenvalue weighted by molar-refractivity contribution is -0.386. The number of hydrogen-bond acceptors (Lipinski definition) is 6. The van der Waals surface area contributed by atoms with Crippen LogP contribution in [0.25, 0.3) is 0 Å². The van der Waals surface area contributed by atoms with Gasteiger partial charge in [0.25, 0.3) is 0 Å². The number of benzene rings is 1. The van der Waals surface area contributed by atoms with E-state index in [9.17, 15) is 10.1 Å². The molecule has 2 aromatic rings. The Kier molecular flexibility index (Phi) is 3.20. The molecule has 2 rings (SSSR count). The van der Waals surface area contributed by atoms with E-state index < -0.39 is 4.92 Å². The molecular formula is C10H8N4O2S. The number of nitro groups is 1. The molecule has 86 valence electrons. The van der Waals surface area contributed by atoms with Crippen LogP contribution in [0, 0.1) is 10.1 Å². The summed E-state index contributed by atoms with van der Waals surface area (Å²) in [5, 5.41) is 11.5. The number of hydrogen-bond donors (Lipinski definition) is 1. The fourth-order valence-electron chi connectivity index (χ4n) is 1.27. The molecule has 1 aromatic heterocycles. The van der Waals surface area contributed by atoms with Crippen molar-refractivity contribution in [3.63, 3.8) is 0 Å². The molecule has 7 heteroatoms. The highest BCUT2D eigenvalue weighted by Gasteiger charge is 2.18. The molecule has 0 saturated carbocycles. The molecule has 1 heterocycles. The second-order valence-electron chi connectivity index (χ2n) is 3.10. The van der Waals surface area contributed by atoms with Gasteiger partial charge in [0.15, 0.2) is 0 Å². The summed E-state index contributed by atoms with van der Waals surface area (Å²) in [4.78, 5) is 18.7. The number of para-hydroxylation sites is 1. The van der Waals surface area contributed by atoms with Gasteiger partial charge >= 0.3 is 5.69 Å². The van der Waals surface area contributed by atoms with Crippen molar-refractivity contribution in [2.45, 2.75) is 9.92 Å². The van der Waals surface area contributed by atoms with Crippen LogP contribution in [0.2, 0.25) is 0 Å². The Labute approximate surface area is 101 Å². The molecule has 17 heavy (non-hydrogen) atoms. The van der Waals surface area contributed by atoms with Crippen LogP contribution < -0.4 is 5.73 Å². The van der Waals surface area contributed by atoms with Crippen LogP contribution in [0.4, 0.5) is 11.4 Å². The zero-order valence-corrected chi connectivity index (χ0v) is 9.42. The van der Waals surface area contributed by atoms with Crippen molar-refractivity contribution in [1.82, 2.24) is 9.97 Å². The van der Waals surface area contributed by atoms with Crippen molar-refractivity contribution in [2.75, 3.05) is 5.73 Å². The number of nitrogens with zero attached hydrogens (tertiary/aromatic N) is 3. The van der Waals surface area contributed by atoms with Gasteiger partial charge in [0.1, 0.15) is 17.0 Å². The van der Waals surface area contributed by atoms with Crippen molar-refractivity contribution in [3.05, 3.63) is 46.9 Å². The van der Waals surface area contributed by atoms with Gasteiger partial charge < -0.3 is 5.73 Å². The molecule has 0 unspecified atom stereocenters. The lowest BCUT2D eigenvalue weighted by Crippen LogP contribution is -1.97. The highest BCUT2D eigenvalue weighted by Crippen LogP contribution is 2.36. The monoisotopic (exact) mass is 248 g/mol. The van der Waals surface area contributed by atoms with Gasteiger partial charge in [-0.2, -0.15) is 0 Å². The first-order valence-electron chi connectivity index (χ1n) is 4.65. The van der Waals surface area contributed by atoms with Gasteiger partial charge in [0.05, 0.1) is 9.82 Å². The standard InChI is InChI=1S/C10H8N4O2S/c11-7-2-1-3-8(10(7)14(15)16)17-9-4-5-12-6-13-9/h1-6H,11H2. The number of anilines is 1. The molecule has 0 saturated heterocycles. The Morgan fingerprint density at radius 3 is 2.82 bits per heavy atom. The predicted octanol–water partition coefficient (Wildman–Crippen LogP) is 2.12. The molecule has 1 aromatic carbocycles. The SMILES string of the molecule is Nc1cccc(Sc2ccncn2)c1[N+](=O)[O-]. The summed E-state index contributed by atoms with van der Waals surface area (Å²) in [6.07, 6.45) is 2.97. The molecule has 0 spiro atoms. The summed E-state index contributed by atoms with van der Waals surface area (Å²) >= 11 is 1.18. The van der Waals surface area contributed by atoms with E-state index in [1.54, 1.807) is 24.4 Å². The summed E-state index contributed by atoms with van der Waals surface area (Å²) < 4.78 is 0. The quantitative estimate of drug-likeness (QED) is 0.387. The maximum Gasteiger partial charge on any atom is 0.305 e. The summed E-state index contributed by atoms with van der Waals surface area (Å²) in [7, 11) is 0. The Bertz CT molecular complexity index is 547. The minimum absolute atomic E-state index is 0.0869. The smallest absolute Gasteiger partial charge is 0.305 e. The van der Waals surface area contributed by atoms with Crippen molar-refractivity contribution in [2.24, 2.45) is 0 Å². The van der Waals surface area contributed by atoms with Crippen molar-refractivity contribution < 1.29 is 4.92 Å². The number of aromatic nitrogens is 2. The Morgan fingerprint density at radius 1 is 1.35 bits per heavy atom. The highest BCUT2D eigenvalue weighted by molar-refractivity contribution is 7.99. The van der Waals surface area contributed by atoms with Crippen LogP contribution in [0.5, 0.6) is 0 Å². The molecule has 0 fully saturated rings. The first-order valence-corrected chi connectivity index (χ1v) is 5.47. The Hall–Kier alpha value is -2.15. The maximum atomic E-state index is 10.9. The molecule has 0 aliphatic heterocycles. The van der Waals surface area contributed by atoms with E-state index in [4.69, 9.17) is 5.73 Å². The van der Waals surface area contributed by atoms with E-state index in [0.717, 1.165) is 0 Å². The molecule has 6 nitrogen and oxygen atoms in total. The van der Waals surface area contributed by atoms with E-state index in [-0.39, 0.29) is 11.4 Å². The van der Waals surface area contributed by atoms with Crippen LogP contribution in [-0.4, -0.2) is 14.9 Å². The fourth-order valence-corrected chi connectivity index (χ4v) is 2.16. The lowest BCUT2D eigenvalue weighted by Gasteiger charge is -2.03. The molecule has 0 aliphatic carbocycles. The summed E-state index contributed by atoms with van der Waals surface area (Å²) in [5.41, 5.74) is 5.65. The third-order valence-corrected chi connectivity index (χ3v) is 2.98. The summed E-state index contributed by atoms with van der Waals surface area (Å²) in [6.45, 7) is 0. The molecular weight excluding hydrogens is 240 g/mol. The Balaban J connectivity index is 2.40. The van der Waals surface area contributed by atoms with E-state index in [1.165, 1.54) is 24.2 Å². The van der Waals surface area contributed by atoms with Crippen LogP contribution >= 0.6 is 11.8 Å². The molecule has 0 bridgehead atoms. The average molecular weight is 248 g/mol. The number of nitrogen functional groups attached to an aromatic ring is 1. The lowest BCUT2D eigenvalue weighted by atomic mass is 10.3. The molecule has 0 atom stereocenters. The van der Waals surface area contributed by atoms with E-state index >= 15 is 0 Å². The minimum Gasteiger partial charge on any atom is -0.393 e. The van der Waals surface area contributed by atoms with Gasteiger partial charge in [-0.15, -0.1) is 0 Å². The normalized spacial score (nSPS) is 10.1. The van der Waals surface area contributed by atoms with Gasteiger partial charge in [-0.1, -0.05) is 17.8 Å². The second kappa shape index (κ2) is 4.79. The minimum atomic E-state index is -0.487. The van der Waals surface area contributed by atoms with Gasteiger partial charge in [0.2, 0.25) is 0 Å².